The SMILES string of the molecule is CCC(C)C(NC(=O)N1CCN(Cc2ccccc2)CC1)C(=O)O. The number of benzene rings is 1. The third kappa shape index (κ3) is 4.96. The molecule has 0 aromatic heterocycles. The Morgan fingerprint density at radius 3 is 2.33 bits per heavy atom. The van der Waals surface area contributed by atoms with Crippen LogP contribution in [0.4, 0.5) is 4.79 Å². The maximum Gasteiger partial charge on any atom is 0.326 e. The van der Waals surface area contributed by atoms with Crippen molar-refractivity contribution in [2.45, 2.75) is 32.9 Å². The van der Waals surface area contributed by atoms with E-state index in [9.17, 15) is 14.7 Å². The van der Waals surface area contributed by atoms with Crippen LogP contribution in [0.1, 0.15) is 25.8 Å². The van der Waals surface area contributed by atoms with Crippen molar-refractivity contribution in [3.8, 4) is 0 Å². The Balaban J connectivity index is 1.82. The van der Waals surface area contributed by atoms with Crippen LogP contribution in [-0.4, -0.2) is 59.1 Å². The average molecular weight is 333 g/mol. The molecule has 6 nitrogen and oxygen atoms in total. The van der Waals surface area contributed by atoms with E-state index in [4.69, 9.17) is 0 Å². The summed E-state index contributed by atoms with van der Waals surface area (Å²) < 4.78 is 0. The van der Waals surface area contributed by atoms with Crippen LogP contribution < -0.4 is 5.32 Å². The number of amides is 2. The molecule has 1 saturated heterocycles. The first-order valence-electron chi connectivity index (χ1n) is 8.55. The zero-order valence-electron chi connectivity index (χ0n) is 14.4. The molecule has 2 amide bonds. The lowest BCUT2D eigenvalue weighted by Crippen LogP contribution is -2.55. The molecule has 132 valence electrons. The molecule has 6 heteroatoms. The van der Waals surface area contributed by atoms with E-state index in [0.29, 0.717) is 19.5 Å². The van der Waals surface area contributed by atoms with Gasteiger partial charge >= 0.3 is 12.0 Å². The van der Waals surface area contributed by atoms with E-state index >= 15 is 0 Å². The molecule has 1 fully saturated rings. The molecule has 1 aromatic carbocycles. The molecule has 0 saturated carbocycles. The van der Waals surface area contributed by atoms with Gasteiger partial charge in [0.15, 0.2) is 0 Å². The monoisotopic (exact) mass is 333 g/mol. The predicted octanol–water partition coefficient (Wildman–Crippen LogP) is 2.01. The Bertz CT molecular complexity index is 542. The van der Waals surface area contributed by atoms with Crippen LogP contribution in [0, 0.1) is 5.92 Å². The van der Waals surface area contributed by atoms with Gasteiger partial charge in [-0.05, 0) is 11.5 Å². The van der Waals surface area contributed by atoms with E-state index in [0.717, 1.165) is 19.6 Å². The summed E-state index contributed by atoms with van der Waals surface area (Å²) >= 11 is 0. The molecule has 1 aliphatic rings. The van der Waals surface area contributed by atoms with Crippen LogP contribution >= 0.6 is 0 Å². The number of carbonyl (C=O) groups is 2. The van der Waals surface area contributed by atoms with Gasteiger partial charge in [-0.2, -0.15) is 0 Å². The summed E-state index contributed by atoms with van der Waals surface area (Å²) in [4.78, 5) is 27.7. The number of carboxylic acids is 1. The van der Waals surface area contributed by atoms with Gasteiger partial charge in [0, 0.05) is 32.7 Å². The molecule has 1 aromatic rings. The van der Waals surface area contributed by atoms with E-state index in [-0.39, 0.29) is 11.9 Å². The van der Waals surface area contributed by atoms with Crippen LogP contribution in [0.5, 0.6) is 0 Å². The van der Waals surface area contributed by atoms with Gasteiger partial charge in [-0.3, -0.25) is 4.90 Å². The predicted molar refractivity (Wildman–Crippen MR) is 92.7 cm³/mol. The molecular weight excluding hydrogens is 306 g/mol. The number of hydrogen-bond acceptors (Lipinski definition) is 3. The fourth-order valence-corrected chi connectivity index (χ4v) is 2.86. The number of urea groups is 1. The minimum Gasteiger partial charge on any atom is -0.480 e. The minimum atomic E-state index is -0.972. The van der Waals surface area contributed by atoms with Crippen molar-refractivity contribution in [2.75, 3.05) is 26.2 Å². The largest absolute Gasteiger partial charge is 0.480 e. The summed E-state index contributed by atoms with van der Waals surface area (Å²) in [6.45, 7) is 7.47. The second-order valence-electron chi connectivity index (χ2n) is 6.40. The van der Waals surface area contributed by atoms with Gasteiger partial charge in [-0.25, -0.2) is 9.59 Å². The summed E-state index contributed by atoms with van der Waals surface area (Å²) in [7, 11) is 0. The smallest absolute Gasteiger partial charge is 0.326 e. The Morgan fingerprint density at radius 2 is 1.79 bits per heavy atom. The Labute approximate surface area is 143 Å². The molecule has 2 rings (SSSR count). The zero-order valence-corrected chi connectivity index (χ0v) is 14.4. The Kier molecular flexibility index (Phi) is 6.61. The highest BCUT2D eigenvalue weighted by Gasteiger charge is 2.28. The van der Waals surface area contributed by atoms with E-state index in [1.807, 2.05) is 32.0 Å². The molecule has 0 aliphatic carbocycles. The van der Waals surface area contributed by atoms with Crippen molar-refractivity contribution in [2.24, 2.45) is 5.92 Å². The quantitative estimate of drug-likeness (QED) is 0.835. The van der Waals surface area contributed by atoms with Gasteiger partial charge in [0.1, 0.15) is 6.04 Å². The molecule has 1 heterocycles. The fourth-order valence-electron chi connectivity index (χ4n) is 2.86. The number of carboxylic acid groups (broad SMARTS) is 1. The molecule has 2 unspecified atom stereocenters. The first kappa shape index (κ1) is 18.3. The van der Waals surface area contributed by atoms with Crippen LogP contribution in [0.2, 0.25) is 0 Å². The third-order valence-corrected chi connectivity index (χ3v) is 4.67. The summed E-state index contributed by atoms with van der Waals surface area (Å²) in [5.74, 6) is -1.06. The number of aliphatic carboxylic acids is 1. The first-order chi connectivity index (χ1) is 11.5. The van der Waals surface area contributed by atoms with E-state index in [2.05, 4.69) is 22.3 Å². The van der Waals surface area contributed by atoms with E-state index in [1.165, 1.54) is 5.56 Å². The van der Waals surface area contributed by atoms with Crippen molar-refractivity contribution in [3.05, 3.63) is 35.9 Å². The van der Waals surface area contributed by atoms with Crippen LogP contribution in [0.25, 0.3) is 0 Å². The molecule has 2 atom stereocenters. The lowest BCUT2D eigenvalue weighted by atomic mass is 9.99. The highest BCUT2D eigenvalue weighted by molar-refractivity contribution is 5.82. The highest BCUT2D eigenvalue weighted by atomic mass is 16.4. The maximum absolute atomic E-state index is 12.3. The Hall–Kier alpha value is -2.08. The summed E-state index contributed by atoms with van der Waals surface area (Å²) in [5.41, 5.74) is 1.26. The fraction of sp³-hybridized carbons (Fsp3) is 0.556. The lowest BCUT2D eigenvalue weighted by Gasteiger charge is -2.35. The minimum absolute atomic E-state index is 0.0918. The highest BCUT2D eigenvalue weighted by Crippen LogP contribution is 2.11. The number of nitrogens with zero attached hydrogens (tertiary/aromatic N) is 2. The van der Waals surface area contributed by atoms with Crippen LogP contribution in [0.3, 0.4) is 0 Å². The van der Waals surface area contributed by atoms with Crippen molar-refractivity contribution in [3.63, 3.8) is 0 Å². The number of piperazine rings is 1. The number of carbonyl (C=O) groups excluding carboxylic acids is 1. The van der Waals surface area contributed by atoms with Crippen LogP contribution in [-0.2, 0) is 11.3 Å². The van der Waals surface area contributed by atoms with Crippen LogP contribution in [0.15, 0.2) is 30.3 Å². The van der Waals surface area contributed by atoms with Crippen molar-refractivity contribution < 1.29 is 14.7 Å². The molecule has 2 N–H and O–H groups in total. The van der Waals surface area contributed by atoms with Gasteiger partial charge in [-0.15, -0.1) is 0 Å². The van der Waals surface area contributed by atoms with Gasteiger partial charge in [0.2, 0.25) is 0 Å². The van der Waals surface area contributed by atoms with Crippen molar-refractivity contribution in [1.29, 1.82) is 0 Å². The number of hydrogen-bond donors (Lipinski definition) is 2. The summed E-state index contributed by atoms with van der Waals surface area (Å²) in [6.07, 6.45) is 0.710. The number of nitrogens with one attached hydrogen (secondary N) is 1. The van der Waals surface area contributed by atoms with Gasteiger partial charge < -0.3 is 15.3 Å². The normalized spacial score (nSPS) is 18.0. The Morgan fingerprint density at radius 1 is 1.17 bits per heavy atom. The summed E-state index contributed by atoms with van der Waals surface area (Å²) in [6, 6.07) is 9.15. The average Bonchev–Trinajstić information content (AvgIpc) is 2.60. The van der Waals surface area contributed by atoms with Gasteiger partial charge in [-0.1, -0.05) is 50.6 Å². The zero-order chi connectivity index (χ0) is 17.5. The molecule has 0 radical (unpaired) electrons. The van der Waals surface area contributed by atoms with Crippen molar-refractivity contribution in [1.82, 2.24) is 15.1 Å². The molecule has 1 aliphatic heterocycles. The molecule has 24 heavy (non-hydrogen) atoms. The molecule has 0 spiro atoms. The van der Waals surface area contributed by atoms with Gasteiger partial charge in [0.05, 0.1) is 0 Å². The third-order valence-electron chi connectivity index (χ3n) is 4.67. The number of rotatable bonds is 6. The standard InChI is InChI=1S/C18H27N3O3/c1-3-14(2)16(17(22)23)19-18(24)21-11-9-20(10-12-21)13-15-7-5-4-6-8-15/h4-8,14,16H,3,9-13H2,1-2H3,(H,19,24)(H,22,23). The van der Waals surface area contributed by atoms with Gasteiger partial charge in [0.25, 0.3) is 0 Å². The van der Waals surface area contributed by atoms with E-state index in [1.54, 1.807) is 4.90 Å². The lowest BCUT2D eigenvalue weighted by molar-refractivity contribution is -0.140. The maximum atomic E-state index is 12.3. The molecule has 0 bridgehead atoms. The first-order valence-corrected chi connectivity index (χ1v) is 8.55. The topological polar surface area (TPSA) is 72.9 Å². The van der Waals surface area contributed by atoms with E-state index < -0.39 is 12.0 Å². The molecular formula is C18H27N3O3. The van der Waals surface area contributed by atoms with Crippen molar-refractivity contribution >= 4 is 12.0 Å². The summed E-state index contributed by atoms with van der Waals surface area (Å²) in [5, 5.41) is 12.0. The second-order valence-corrected chi connectivity index (χ2v) is 6.40. The second kappa shape index (κ2) is 8.68.